The number of nitrogens with zero attached hydrogens (tertiary/aromatic N) is 1. The summed E-state index contributed by atoms with van der Waals surface area (Å²) < 4.78 is 4.66. The first-order chi connectivity index (χ1) is 7.75. The number of nitrogens with one attached hydrogen (secondary N) is 1. The molecule has 88 valence electrons. The molecule has 0 aliphatic heterocycles. The van der Waals surface area contributed by atoms with Crippen molar-refractivity contribution in [3.8, 4) is 0 Å². The van der Waals surface area contributed by atoms with Crippen LogP contribution in [0.2, 0.25) is 0 Å². The Hall–Kier alpha value is -1.32. The second-order valence-electron chi connectivity index (χ2n) is 4.67. The molecule has 2 rings (SSSR count). The standard InChI is InChI=1S/C12H18N2O2/c1-9-3-2-4-10(6-5-9)13-12(15)11-7-8-16-14-11/h7-10H,2-6H2,1H3,(H,13,15)/t9-,10+/m1/s1. The van der Waals surface area contributed by atoms with Crippen molar-refractivity contribution in [2.75, 3.05) is 0 Å². The number of amides is 1. The maximum absolute atomic E-state index is 11.7. The summed E-state index contributed by atoms with van der Waals surface area (Å²) in [5.41, 5.74) is 0.372. The third-order valence-corrected chi connectivity index (χ3v) is 3.26. The van der Waals surface area contributed by atoms with Crippen molar-refractivity contribution in [3.63, 3.8) is 0 Å². The van der Waals surface area contributed by atoms with E-state index in [1.807, 2.05) is 0 Å². The fourth-order valence-corrected chi connectivity index (χ4v) is 2.22. The largest absolute Gasteiger partial charge is 0.364 e. The molecule has 1 aliphatic rings. The first kappa shape index (κ1) is 11.2. The highest BCUT2D eigenvalue weighted by Crippen LogP contribution is 2.22. The fourth-order valence-electron chi connectivity index (χ4n) is 2.22. The first-order valence-electron chi connectivity index (χ1n) is 5.97. The summed E-state index contributed by atoms with van der Waals surface area (Å²) in [5, 5.41) is 6.65. The summed E-state index contributed by atoms with van der Waals surface area (Å²) in [6, 6.07) is 1.89. The Labute approximate surface area is 95.4 Å². The van der Waals surface area contributed by atoms with Crippen LogP contribution >= 0.6 is 0 Å². The van der Waals surface area contributed by atoms with Crippen molar-refractivity contribution in [2.45, 2.75) is 45.1 Å². The summed E-state index contributed by atoms with van der Waals surface area (Å²) >= 11 is 0. The van der Waals surface area contributed by atoms with Crippen molar-refractivity contribution < 1.29 is 9.32 Å². The highest BCUT2D eigenvalue weighted by molar-refractivity contribution is 5.92. The van der Waals surface area contributed by atoms with E-state index >= 15 is 0 Å². The first-order valence-corrected chi connectivity index (χ1v) is 5.97. The molecule has 0 aromatic carbocycles. The van der Waals surface area contributed by atoms with Gasteiger partial charge in [-0.05, 0) is 25.2 Å². The number of aromatic nitrogens is 1. The summed E-state index contributed by atoms with van der Waals surface area (Å²) in [6.45, 7) is 2.28. The Balaban J connectivity index is 1.87. The average Bonchev–Trinajstić information content (AvgIpc) is 2.72. The van der Waals surface area contributed by atoms with Gasteiger partial charge in [-0.2, -0.15) is 0 Å². The molecule has 1 aliphatic carbocycles. The van der Waals surface area contributed by atoms with E-state index in [4.69, 9.17) is 0 Å². The van der Waals surface area contributed by atoms with Gasteiger partial charge in [0.2, 0.25) is 0 Å². The normalized spacial score (nSPS) is 26.1. The molecule has 1 N–H and O–H groups in total. The Bertz CT molecular complexity index is 335. The van der Waals surface area contributed by atoms with Gasteiger partial charge in [0.25, 0.3) is 5.91 Å². The lowest BCUT2D eigenvalue weighted by atomic mass is 10.0. The summed E-state index contributed by atoms with van der Waals surface area (Å²) in [6.07, 6.45) is 7.24. The van der Waals surface area contributed by atoms with Crippen LogP contribution in [0.3, 0.4) is 0 Å². The molecular formula is C12H18N2O2. The summed E-state index contributed by atoms with van der Waals surface area (Å²) in [7, 11) is 0. The Kier molecular flexibility index (Phi) is 3.59. The predicted molar refractivity (Wildman–Crippen MR) is 60.0 cm³/mol. The van der Waals surface area contributed by atoms with Crippen molar-refractivity contribution >= 4 is 5.91 Å². The molecule has 4 heteroatoms. The van der Waals surface area contributed by atoms with E-state index in [2.05, 4.69) is 21.9 Å². The van der Waals surface area contributed by atoms with Gasteiger partial charge < -0.3 is 9.84 Å². The molecule has 1 aromatic rings. The predicted octanol–water partition coefficient (Wildman–Crippen LogP) is 2.37. The number of hydrogen-bond acceptors (Lipinski definition) is 3. The number of carbonyl (C=O) groups excluding carboxylic acids is 1. The van der Waals surface area contributed by atoms with Gasteiger partial charge in [-0.15, -0.1) is 0 Å². The van der Waals surface area contributed by atoms with E-state index in [0.717, 1.165) is 18.8 Å². The van der Waals surface area contributed by atoms with Crippen molar-refractivity contribution in [3.05, 3.63) is 18.0 Å². The van der Waals surface area contributed by atoms with Crippen LogP contribution in [0.25, 0.3) is 0 Å². The molecule has 0 bridgehead atoms. The molecule has 1 saturated carbocycles. The van der Waals surface area contributed by atoms with Crippen molar-refractivity contribution in [1.29, 1.82) is 0 Å². The average molecular weight is 222 g/mol. The van der Waals surface area contributed by atoms with Crippen molar-refractivity contribution in [1.82, 2.24) is 10.5 Å². The zero-order valence-corrected chi connectivity index (χ0v) is 9.61. The van der Waals surface area contributed by atoms with Crippen LogP contribution in [0, 0.1) is 5.92 Å². The maximum Gasteiger partial charge on any atom is 0.273 e. The van der Waals surface area contributed by atoms with Crippen LogP contribution in [-0.2, 0) is 0 Å². The second kappa shape index (κ2) is 5.14. The zero-order valence-electron chi connectivity index (χ0n) is 9.61. The minimum Gasteiger partial charge on any atom is -0.364 e. The van der Waals surface area contributed by atoms with Crippen LogP contribution in [0.4, 0.5) is 0 Å². The summed E-state index contributed by atoms with van der Waals surface area (Å²) in [5.74, 6) is 0.669. The summed E-state index contributed by atoms with van der Waals surface area (Å²) in [4.78, 5) is 11.7. The quantitative estimate of drug-likeness (QED) is 0.781. The van der Waals surface area contributed by atoms with E-state index in [1.165, 1.54) is 25.5 Å². The number of carbonyl (C=O) groups is 1. The number of hydrogen-bond donors (Lipinski definition) is 1. The van der Waals surface area contributed by atoms with Gasteiger partial charge in [0, 0.05) is 12.1 Å². The van der Waals surface area contributed by atoms with E-state index in [9.17, 15) is 4.79 Å². The van der Waals surface area contributed by atoms with Crippen molar-refractivity contribution in [2.24, 2.45) is 5.92 Å². The molecule has 0 unspecified atom stereocenters. The van der Waals surface area contributed by atoms with Gasteiger partial charge in [-0.25, -0.2) is 0 Å². The lowest BCUT2D eigenvalue weighted by Crippen LogP contribution is -2.34. The molecule has 1 amide bonds. The molecule has 4 nitrogen and oxygen atoms in total. The Morgan fingerprint density at radius 3 is 3.06 bits per heavy atom. The molecular weight excluding hydrogens is 204 g/mol. The van der Waals surface area contributed by atoms with E-state index < -0.39 is 0 Å². The SMILES string of the molecule is C[C@@H]1CCC[C@H](NC(=O)c2ccon2)CC1. The molecule has 16 heavy (non-hydrogen) atoms. The van der Waals surface area contributed by atoms with Crippen LogP contribution in [0.5, 0.6) is 0 Å². The van der Waals surface area contributed by atoms with Crippen LogP contribution < -0.4 is 5.32 Å². The third-order valence-electron chi connectivity index (χ3n) is 3.26. The van der Waals surface area contributed by atoms with Crippen LogP contribution in [0.1, 0.15) is 49.5 Å². The maximum atomic E-state index is 11.7. The number of rotatable bonds is 2. The van der Waals surface area contributed by atoms with E-state index in [-0.39, 0.29) is 5.91 Å². The third kappa shape index (κ3) is 2.84. The molecule has 2 atom stereocenters. The zero-order chi connectivity index (χ0) is 11.4. The monoisotopic (exact) mass is 222 g/mol. The van der Waals surface area contributed by atoms with Crippen LogP contribution in [0.15, 0.2) is 16.9 Å². The van der Waals surface area contributed by atoms with Crippen LogP contribution in [-0.4, -0.2) is 17.1 Å². The fraction of sp³-hybridized carbons (Fsp3) is 0.667. The lowest BCUT2D eigenvalue weighted by molar-refractivity contribution is 0.0924. The van der Waals surface area contributed by atoms with Gasteiger partial charge >= 0.3 is 0 Å². The molecule has 1 heterocycles. The second-order valence-corrected chi connectivity index (χ2v) is 4.67. The highest BCUT2D eigenvalue weighted by atomic mass is 16.5. The van der Waals surface area contributed by atoms with Gasteiger partial charge in [0.1, 0.15) is 6.26 Å². The Morgan fingerprint density at radius 2 is 2.31 bits per heavy atom. The smallest absolute Gasteiger partial charge is 0.273 e. The molecule has 0 saturated heterocycles. The van der Waals surface area contributed by atoms with Gasteiger partial charge in [-0.3, -0.25) is 4.79 Å². The minimum absolute atomic E-state index is 0.117. The highest BCUT2D eigenvalue weighted by Gasteiger charge is 2.19. The van der Waals surface area contributed by atoms with Gasteiger partial charge in [-0.1, -0.05) is 24.9 Å². The molecule has 1 fully saturated rings. The molecule has 0 spiro atoms. The van der Waals surface area contributed by atoms with E-state index in [0.29, 0.717) is 11.7 Å². The van der Waals surface area contributed by atoms with Gasteiger partial charge in [0.05, 0.1) is 0 Å². The van der Waals surface area contributed by atoms with Gasteiger partial charge in [0.15, 0.2) is 5.69 Å². The van der Waals surface area contributed by atoms with E-state index in [1.54, 1.807) is 6.07 Å². The Morgan fingerprint density at radius 1 is 1.44 bits per heavy atom. The minimum atomic E-state index is -0.117. The molecule has 0 radical (unpaired) electrons. The topological polar surface area (TPSA) is 55.1 Å². The lowest BCUT2D eigenvalue weighted by Gasteiger charge is -2.15. The molecule has 1 aromatic heterocycles.